The smallest absolute Gasteiger partial charge is 0.170 e. The lowest BCUT2D eigenvalue weighted by Crippen LogP contribution is -2.32. The van der Waals surface area contributed by atoms with E-state index in [1.165, 1.54) is 25.7 Å². The van der Waals surface area contributed by atoms with Crippen molar-refractivity contribution in [3.05, 3.63) is 0 Å². The predicted molar refractivity (Wildman–Crippen MR) is 68.7 cm³/mol. The maximum Gasteiger partial charge on any atom is 0.170 e. The topological polar surface area (TPSA) is 3.24 Å². The van der Waals surface area contributed by atoms with Gasteiger partial charge in [0.1, 0.15) is 0 Å². The molecule has 88 valence electrons. The molecule has 0 aromatic carbocycles. The number of unbranched alkanes of at least 4 members (excludes halogenated alkanes) is 4. The summed E-state index contributed by atoms with van der Waals surface area (Å²) in [4.78, 5) is 1.86. The molecule has 0 rings (SSSR count). The molecule has 0 aliphatic carbocycles. The van der Waals surface area contributed by atoms with Gasteiger partial charge >= 0.3 is 0 Å². The van der Waals surface area contributed by atoms with Gasteiger partial charge in [0.05, 0.1) is 0 Å². The van der Waals surface area contributed by atoms with E-state index in [1.807, 2.05) is 19.0 Å². The van der Waals surface area contributed by atoms with Crippen molar-refractivity contribution in [2.75, 3.05) is 14.1 Å². The maximum absolute atomic E-state index is 6.08. The van der Waals surface area contributed by atoms with Crippen LogP contribution in [0.1, 0.15) is 45.4 Å². The van der Waals surface area contributed by atoms with E-state index in [0.717, 1.165) is 12.8 Å². The second-order valence-corrected chi connectivity index (χ2v) is 5.17. The van der Waals surface area contributed by atoms with E-state index in [0.29, 0.717) is 0 Å². The lowest BCUT2D eigenvalue weighted by Gasteiger charge is -2.27. The summed E-state index contributed by atoms with van der Waals surface area (Å²) in [6.07, 6.45) is 7.11. The van der Waals surface area contributed by atoms with Crippen molar-refractivity contribution in [2.24, 2.45) is 0 Å². The van der Waals surface area contributed by atoms with Gasteiger partial charge in [0.25, 0.3) is 0 Å². The third-order valence-electron chi connectivity index (χ3n) is 2.24. The summed E-state index contributed by atoms with van der Waals surface area (Å²) < 4.78 is -0.674. The van der Waals surface area contributed by atoms with Crippen LogP contribution >= 0.6 is 35.6 Å². The molecule has 0 spiro atoms. The van der Waals surface area contributed by atoms with Gasteiger partial charge in [-0.1, -0.05) is 55.8 Å². The molecule has 0 unspecified atom stereocenters. The van der Waals surface area contributed by atoms with Crippen LogP contribution in [-0.2, 0) is 0 Å². The van der Waals surface area contributed by atoms with Crippen LogP contribution in [0.5, 0.6) is 0 Å². The zero-order chi connectivity index (χ0) is 10.3. The molecule has 1 nitrogen and oxygen atoms in total. The van der Waals surface area contributed by atoms with Crippen molar-refractivity contribution in [3.8, 4) is 0 Å². The van der Waals surface area contributed by atoms with Crippen LogP contribution in [-0.4, -0.2) is 23.5 Å². The SMILES string of the molecule is CCCCCCCC(Cl)(Cl)N(C)C.Cl. The maximum atomic E-state index is 6.08. The van der Waals surface area contributed by atoms with Crippen molar-refractivity contribution in [1.29, 1.82) is 0 Å². The Kier molecular flexibility index (Phi) is 11.2. The fourth-order valence-corrected chi connectivity index (χ4v) is 1.43. The van der Waals surface area contributed by atoms with Crippen LogP contribution < -0.4 is 0 Å². The third-order valence-corrected chi connectivity index (χ3v) is 3.29. The quantitative estimate of drug-likeness (QED) is 0.372. The first-order chi connectivity index (χ1) is 6.00. The van der Waals surface area contributed by atoms with Gasteiger partial charge in [-0.2, -0.15) is 0 Å². The highest BCUT2D eigenvalue weighted by atomic mass is 35.5. The zero-order valence-corrected chi connectivity index (χ0v) is 11.7. The fraction of sp³-hybridized carbons (Fsp3) is 1.00. The van der Waals surface area contributed by atoms with E-state index in [2.05, 4.69) is 6.92 Å². The number of hydrogen-bond donors (Lipinski definition) is 0. The zero-order valence-electron chi connectivity index (χ0n) is 9.35. The molecule has 0 aromatic rings. The first-order valence-electron chi connectivity index (χ1n) is 5.06. The van der Waals surface area contributed by atoms with Crippen LogP contribution in [0.4, 0.5) is 0 Å². The summed E-state index contributed by atoms with van der Waals surface area (Å²) in [5, 5.41) is 0. The molecular formula is C10H22Cl3N. The van der Waals surface area contributed by atoms with Crippen molar-refractivity contribution >= 4 is 35.6 Å². The Morgan fingerprint density at radius 2 is 1.50 bits per heavy atom. The van der Waals surface area contributed by atoms with Crippen molar-refractivity contribution < 1.29 is 0 Å². The van der Waals surface area contributed by atoms with Crippen molar-refractivity contribution in [2.45, 2.75) is 49.9 Å². The molecule has 0 saturated carbocycles. The first kappa shape index (κ1) is 17.2. The summed E-state index contributed by atoms with van der Waals surface area (Å²) in [6.45, 7) is 2.22. The second-order valence-electron chi connectivity index (χ2n) is 3.72. The highest BCUT2D eigenvalue weighted by Crippen LogP contribution is 2.29. The summed E-state index contributed by atoms with van der Waals surface area (Å²) in [7, 11) is 3.82. The molecule has 0 bridgehead atoms. The molecule has 14 heavy (non-hydrogen) atoms. The monoisotopic (exact) mass is 261 g/mol. The molecule has 0 saturated heterocycles. The first-order valence-corrected chi connectivity index (χ1v) is 5.81. The highest BCUT2D eigenvalue weighted by Gasteiger charge is 2.25. The van der Waals surface area contributed by atoms with Crippen molar-refractivity contribution in [3.63, 3.8) is 0 Å². The Labute approximate surface area is 105 Å². The summed E-state index contributed by atoms with van der Waals surface area (Å²) in [6, 6.07) is 0. The van der Waals surface area contributed by atoms with Gasteiger partial charge < -0.3 is 0 Å². The van der Waals surface area contributed by atoms with Crippen LogP contribution in [0.3, 0.4) is 0 Å². The number of halogens is 3. The van der Waals surface area contributed by atoms with Gasteiger partial charge in [0.2, 0.25) is 0 Å². The molecule has 0 N–H and O–H groups in total. The standard InChI is InChI=1S/C10H21Cl2N.ClH/c1-4-5-6-7-8-9-10(11,12)13(2)3;/h4-9H2,1-3H3;1H. The normalized spacial score (nSPS) is 11.6. The molecule has 0 aliphatic heterocycles. The lowest BCUT2D eigenvalue weighted by atomic mass is 10.1. The Balaban J connectivity index is 0. The van der Waals surface area contributed by atoms with Gasteiger partial charge in [-0.25, -0.2) is 0 Å². The highest BCUT2D eigenvalue weighted by molar-refractivity contribution is 6.47. The number of alkyl halides is 2. The summed E-state index contributed by atoms with van der Waals surface area (Å²) in [5.74, 6) is 0. The predicted octanol–water partition coefficient (Wildman–Crippen LogP) is 4.46. The van der Waals surface area contributed by atoms with Crippen LogP contribution in [0, 0.1) is 0 Å². The molecule has 0 aliphatic rings. The molecule has 0 atom stereocenters. The van der Waals surface area contributed by atoms with Gasteiger partial charge in [0.15, 0.2) is 4.46 Å². The van der Waals surface area contributed by atoms with Crippen molar-refractivity contribution in [1.82, 2.24) is 4.90 Å². The van der Waals surface area contributed by atoms with E-state index in [-0.39, 0.29) is 12.4 Å². The largest absolute Gasteiger partial charge is 0.279 e. The molecule has 0 radical (unpaired) electrons. The second kappa shape index (κ2) is 9.08. The van der Waals surface area contributed by atoms with Gasteiger partial charge in [-0.05, 0) is 26.9 Å². The Bertz CT molecular complexity index is 127. The molecular weight excluding hydrogens is 240 g/mol. The minimum Gasteiger partial charge on any atom is -0.279 e. The van der Waals surface area contributed by atoms with E-state index in [4.69, 9.17) is 23.2 Å². The molecule has 0 fully saturated rings. The molecule has 4 heteroatoms. The average Bonchev–Trinajstić information content (AvgIpc) is 2.03. The van der Waals surface area contributed by atoms with Gasteiger partial charge in [-0.15, -0.1) is 12.4 Å². The van der Waals surface area contributed by atoms with E-state index < -0.39 is 4.46 Å². The van der Waals surface area contributed by atoms with Gasteiger partial charge in [-0.3, -0.25) is 4.90 Å². The van der Waals surface area contributed by atoms with E-state index in [9.17, 15) is 0 Å². The number of hydrogen-bond acceptors (Lipinski definition) is 1. The van der Waals surface area contributed by atoms with Gasteiger partial charge in [0, 0.05) is 0 Å². The minimum absolute atomic E-state index is 0. The Hall–Kier alpha value is 0.830. The van der Waals surface area contributed by atoms with Crippen LogP contribution in [0.15, 0.2) is 0 Å². The third kappa shape index (κ3) is 8.16. The average molecular weight is 263 g/mol. The Morgan fingerprint density at radius 3 is 1.93 bits per heavy atom. The summed E-state index contributed by atoms with van der Waals surface area (Å²) in [5.41, 5.74) is 0. The molecule has 0 amide bonds. The number of nitrogens with zero attached hydrogens (tertiary/aromatic N) is 1. The van der Waals surface area contributed by atoms with Crippen LogP contribution in [0.2, 0.25) is 0 Å². The fourth-order valence-electron chi connectivity index (χ4n) is 1.16. The molecule has 0 aromatic heterocycles. The lowest BCUT2D eigenvalue weighted by molar-refractivity contribution is 0.313. The molecule has 0 heterocycles. The van der Waals surface area contributed by atoms with E-state index >= 15 is 0 Å². The minimum atomic E-state index is -0.674. The van der Waals surface area contributed by atoms with Crippen LogP contribution in [0.25, 0.3) is 0 Å². The van der Waals surface area contributed by atoms with E-state index in [1.54, 1.807) is 0 Å². The summed E-state index contributed by atoms with van der Waals surface area (Å²) >= 11 is 12.2. The number of rotatable bonds is 7. The Morgan fingerprint density at radius 1 is 1.00 bits per heavy atom.